The summed E-state index contributed by atoms with van der Waals surface area (Å²) in [6.07, 6.45) is 0. The molecule has 0 aliphatic carbocycles. The van der Waals surface area contributed by atoms with Crippen molar-refractivity contribution in [1.29, 1.82) is 0 Å². The Morgan fingerprint density at radius 3 is 2.66 bits per heavy atom. The number of likely N-dealkylation sites (N-methyl/N-ethyl adjacent to an activating group) is 1. The van der Waals surface area contributed by atoms with E-state index < -0.39 is 28.8 Å². The SMILES string of the molecule is CCOC(=O)[C@@H]1C(=O)NC(N2CCN(CC)CC2)=N[C@H]1c1cccc([N+](=O)[O-])c1. The lowest BCUT2D eigenvalue weighted by Gasteiger charge is -2.38. The Bertz CT molecular complexity index is 819. The van der Waals surface area contributed by atoms with E-state index in [1.807, 2.05) is 4.90 Å². The third kappa shape index (κ3) is 4.53. The van der Waals surface area contributed by atoms with Crippen LogP contribution in [0.25, 0.3) is 0 Å². The van der Waals surface area contributed by atoms with Crippen LogP contribution in [0, 0.1) is 16.0 Å². The summed E-state index contributed by atoms with van der Waals surface area (Å²) in [4.78, 5) is 44.8. The van der Waals surface area contributed by atoms with E-state index in [4.69, 9.17) is 4.74 Å². The lowest BCUT2D eigenvalue weighted by molar-refractivity contribution is -0.384. The van der Waals surface area contributed by atoms with Gasteiger partial charge in [-0.3, -0.25) is 25.0 Å². The molecular formula is C19H25N5O5. The minimum Gasteiger partial charge on any atom is -0.465 e. The fourth-order valence-corrected chi connectivity index (χ4v) is 3.56. The number of piperazine rings is 1. The third-order valence-corrected chi connectivity index (χ3v) is 5.18. The normalized spacial score (nSPS) is 22.6. The Morgan fingerprint density at radius 2 is 2.03 bits per heavy atom. The lowest BCUT2D eigenvalue weighted by atomic mass is 9.91. The van der Waals surface area contributed by atoms with Gasteiger partial charge in [0.25, 0.3) is 5.69 Å². The molecule has 1 aromatic carbocycles. The number of ether oxygens (including phenoxy) is 1. The predicted molar refractivity (Wildman–Crippen MR) is 105 cm³/mol. The number of amides is 1. The highest BCUT2D eigenvalue weighted by molar-refractivity contribution is 6.08. The first-order chi connectivity index (χ1) is 13.9. The van der Waals surface area contributed by atoms with Crippen LogP contribution in [0.4, 0.5) is 5.69 Å². The molecule has 0 saturated carbocycles. The van der Waals surface area contributed by atoms with Gasteiger partial charge in [-0.05, 0) is 19.0 Å². The van der Waals surface area contributed by atoms with Crippen LogP contribution in [0.2, 0.25) is 0 Å². The molecule has 0 radical (unpaired) electrons. The number of hydrogen-bond donors (Lipinski definition) is 1. The molecule has 3 rings (SSSR count). The van der Waals surface area contributed by atoms with Gasteiger partial charge in [-0.25, -0.2) is 4.99 Å². The molecule has 2 aliphatic rings. The zero-order valence-electron chi connectivity index (χ0n) is 16.5. The molecule has 156 valence electrons. The lowest BCUT2D eigenvalue weighted by Crippen LogP contribution is -2.57. The number of benzene rings is 1. The molecule has 1 N–H and O–H groups in total. The smallest absolute Gasteiger partial charge is 0.321 e. The number of carbonyl (C=O) groups excluding carboxylic acids is 2. The van der Waals surface area contributed by atoms with Crippen molar-refractivity contribution in [2.75, 3.05) is 39.3 Å². The van der Waals surface area contributed by atoms with Crippen LogP contribution >= 0.6 is 0 Å². The number of nitro benzene ring substituents is 1. The van der Waals surface area contributed by atoms with Crippen molar-refractivity contribution in [1.82, 2.24) is 15.1 Å². The molecule has 1 aromatic rings. The molecule has 10 heteroatoms. The molecule has 1 fully saturated rings. The van der Waals surface area contributed by atoms with Gasteiger partial charge in [-0.1, -0.05) is 19.1 Å². The highest BCUT2D eigenvalue weighted by atomic mass is 16.6. The van der Waals surface area contributed by atoms with E-state index >= 15 is 0 Å². The number of esters is 1. The second kappa shape index (κ2) is 8.99. The minimum atomic E-state index is -1.20. The number of nitro groups is 1. The molecule has 2 atom stereocenters. The largest absolute Gasteiger partial charge is 0.465 e. The molecule has 29 heavy (non-hydrogen) atoms. The molecule has 0 bridgehead atoms. The highest BCUT2D eigenvalue weighted by Gasteiger charge is 2.42. The van der Waals surface area contributed by atoms with Gasteiger partial charge >= 0.3 is 5.97 Å². The van der Waals surface area contributed by atoms with Gasteiger partial charge in [0.1, 0.15) is 6.04 Å². The van der Waals surface area contributed by atoms with Crippen LogP contribution in [-0.4, -0.2) is 71.9 Å². The standard InChI is InChI=1S/C19H25N5O5/c1-3-22-8-10-23(11-9-22)19-20-16(13-6-5-7-14(12-13)24(27)28)15(17(25)21-19)18(26)29-4-2/h5-7,12,15-16H,3-4,8-11H2,1-2H3,(H,20,21,25)/t15-,16-/m0/s1. The second-order valence-corrected chi connectivity index (χ2v) is 6.89. The summed E-state index contributed by atoms with van der Waals surface area (Å²) in [5, 5.41) is 13.9. The predicted octanol–water partition coefficient (Wildman–Crippen LogP) is 0.939. The Morgan fingerprint density at radius 1 is 1.31 bits per heavy atom. The second-order valence-electron chi connectivity index (χ2n) is 6.89. The molecule has 1 amide bonds. The van der Waals surface area contributed by atoms with Crippen molar-refractivity contribution in [3.8, 4) is 0 Å². The van der Waals surface area contributed by atoms with Crippen LogP contribution in [0.1, 0.15) is 25.5 Å². The number of aliphatic imine (C=N–C) groups is 1. The maximum Gasteiger partial charge on any atom is 0.321 e. The summed E-state index contributed by atoms with van der Waals surface area (Å²) in [6, 6.07) is 4.99. The minimum absolute atomic E-state index is 0.121. The summed E-state index contributed by atoms with van der Waals surface area (Å²) in [7, 11) is 0. The van der Waals surface area contributed by atoms with Crippen molar-refractivity contribution in [3.63, 3.8) is 0 Å². The number of carbonyl (C=O) groups is 2. The molecule has 2 aliphatic heterocycles. The monoisotopic (exact) mass is 403 g/mol. The van der Waals surface area contributed by atoms with Crippen LogP contribution in [0.5, 0.6) is 0 Å². The number of non-ortho nitro benzene ring substituents is 1. The van der Waals surface area contributed by atoms with E-state index in [2.05, 4.69) is 22.1 Å². The van der Waals surface area contributed by atoms with Crippen LogP contribution in [0.3, 0.4) is 0 Å². The topological polar surface area (TPSA) is 117 Å². The summed E-state index contributed by atoms with van der Waals surface area (Å²) in [6.45, 7) is 7.90. The van der Waals surface area contributed by atoms with Crippen molar-refractivity contribution in [2.24, 2.45) is 10.9 Å². The fourth-order valence-electron chi connectivity index (χ4n) is 3.56. The molecule has 2 heterocycles. The Labute approximate surface area is 168 Å². The van der Waals surface area contributed by atoms with Gasteiger partial charge in [0.2, 0.25) is 11.9 Å². The van der Waals surface area contributed by atoms with Gasteiger partial charge in [0.05, 0.1) is 11.5 Å². The molecular weight excluding hydrogens is 378 g/mol. The summed E-state index contributed by atoms with van der Waals surface area (Å²) in [5.74, 6) is -2.01. The number of nitrogens with one attached hydrogen (secondary N) is 1. The van der Waals surface area contributed by atoms with E-state index in [1.54, 1.807) is 13.0 Å². The van der Waals surface area contributed by atoms with Crippen LogP contribution in [0.15, 0.2) is 29.3 Å². The zero-order chi connectivity index (χ0) is 21.0. The first kappa shape index (κ1) is 20.7. The number of hydrogen-bond acceptors (Lipinski definition) is 8. The van der Waals surface area contributed by atoms with Crippen molar-refractivity contribution in [3.05, 3.63) is 39.9 Å². The number of nitrogens with zero attached hydrogens (tertiary/aromatic N) is 4. The van der Waals surface area contributed by atoms with Crippen molar-refractivity contribution >= 4 is 23.5 Å². The quantitative estimate of drug-likeness (QED) is 0.336. The Balaban J connectivity index is 1.95. The summed E-state index contributed by atoms with van der Waals surface area (Å²) >= 11 is 0. The van der Waals surface area contributed by atoms with Crippen molar-refractivity contribution < 1.29 is 19.2 Å². The van der Waals surface area contributed by atoms with E-state index in [9.17, 15) is 19.7 Å². The van der Waals surface area contributed by atoms with Gasteiger partial charge in [0, 0.05) is 38.3 Å². The Hall–Kier alpha value is -3.01. The number of rotatable bonds is 5. The average molecular weight is 403 g/mol. The van der Waals surface area contributed by atoms with Crippen LogP contribution < -0.4 is 5.32 Å². The van der Waals surface area contributed by atoms with E-state index in [0.717, 1.165) is 19.6 Å². The maximum absolute atomic E-state index is 12.8. The zero-order valence-corrected chi connectivity index (χ0v) is 16.5. The van der Waals surface area contributed by atoms with Crippen molar-refractivity contribution in [2.45, 2.75) is 19.9 Å². The first-order valence-corrected chi connectivity index (χ1v) is 9.71. The van der Waals surface area contributed by atoms with Gasteiger partial charge in [0.15, 0.2) is 5.92 Å². The van der Waals surface area contributed by atoms with E-state index in [1.165, 1.54) is 18.2 Å². The third-order valence-electron chi connectivity index (χ3n) is 5.18. The van der Waals surface area contributed by atoms with E-state index in [0.29, 0.717) is 24.6 Å². The molecule has 1 saturated heterocycles. The van der Waals surface area contributed by atoms with Gasteiger partial charge in [-0.2, -0.15) is 0 Å². The number of guanidine groups is 1. The average Bonchev–Trinajstić information content (AvgIpc) is 2.73. The summed E-state index contributed by atoms with van der Waals surface area (Å²) < 4.78 is 5.07. The van der Waals surface area contributed by atoms with Gasteiger partial charge in [-0.15, -0.1) is 0 Å². The molecule has 10 nitrogen and oxygen atoms in total. The van der Waals surface area contributed by atoms with Crippen LogP contribution in [-0.2, 0) is 14.3 Å². The maximum atomic E-state index is 12.8. The summed E-state index contributed by atoms with van der Waals surface area (Å²) in [5.41, 5.74) is 0.307. The van der Waals surface area contributed by atoms with E-state index in [-0.39, 0.29) is 12.3 Å². The van der Waals surface area contributed by atoms with Gasteiger partial charge < -0.3 is 14.5 Å². The fraction of sp³-hybridized carbons (Fsp3) is 0.526. The highest BCUT2D eigenvalue weighted by Crippen LogP contribution is 2.32. The molecule has 0 aromatic heterocycles. The molecule has 0 spiro atoms. The first-order valence-electron chi connectivity index (χ1n) is 9.71. The Kier molecular flexibility index (Phi) is 6.42. The molecule has 0 unspecified atom stereocenters.